The number of benzene rings is 2. The van der Waals surface area contributed by atoms with E-state index >= 15 is 0 Å². The minimum absolute atomic E-state index is 0.175. The SMILES string of the molecule is O=C(CCOc1ccccc1)N1CCN(c2ccccc2)CC1. The van der Waals surface area contributed by atoms with Crippen molar-refractivity contribution in [2.45, 2.75) is 6.42 Å². The Morgan fingerprint density at radius 3 is 2.13 bits per heavy atom. The van der Waals surface area contributed by atoms with Crippen LogP contribution in [0.1, 0.15) is 6.42 Å². The van der Waals surface area contributed by atoms with Gasteiger partial charge < -0.3 is 14.5 Å². The highest BCUT2D eigenvalue weighted by molar-refractivity contribution is 5.76. The van der Waals surface area contributed by atoms with Gasteiger partial charge in [0, 0.05) is 31.9 Å². The summed E-state index contributed by atoms with van der Waals surface area (Å²) in [5.74, 6) is 0.989. The van der Waals surface area contributed by atoms with E-state index in [-0.39, 0.29) is 5.91 Å². The van der Waals surface area contributed by atoms with Gasteiger partial charge in [0.25, 0.3) is 0 Å². The molecule has 2 aromatic rings. The molecule has 3 rings (SSSR count). The molecular formula is C19H22N2O2. The van der Waals surface area contributed by atoms with Crippen molar-refractivity contribution in [3.63, 3.8) is 0 Å². The van der Waals surface area contributed by atoms with Crippen molar-refractivity contribution in [3.05, 3.63) is 60.7 Å². The van der Waals surface area contributed by atoms with Crippen LogP contribution in [0, 0.1) is 0 Å². The number of carbonyl (C=O) groups excluding carboxylic acids is 1. The molecule has 0 radical (unpaired) electrons. The molecule has 1 fully saturated rings. The van der Waals surface area contributed by atoms with Gasteiger partial charge in [-0.2, -0.15) is 0 Å². The van der Waals surface area contributed by atoms with E-state index in [4.69, 9.17) is 4.74 Å². The van der Waals surface area contributed by atoms with Crippen molar-refractivity contribution in [1.82, 2.24) is 4.90 Å². The number of anilines is 1. The van der Waals surface area contributed by atoms with E-state index < -0.39 is 0 Å². The van der Waals surface area contributed by atoms with Gasteiger partial charge in [0.05, 0.1) is 13.0 Å². The van der Waals surface area contributed by atoms with Gasteiger partial charge in [0.2, 0.25) is 5.91 Å². The molecule has 1 saturated heterocycles. The van der Waals surface area contributed by atoms with Crippen LogP contribution in [-0.2, 0) is 4.79 Å². The fourth-order valence-corrected chi connectivity index (χ4v) is 2.78. The van der Waals surface area contributed by atoms with Gasteiger partial charge in [0.15, 0.2) is 0 Å². The summed E-state index contributed by atoms with van der Waals surface area (Å²) in [5.41, 5.74) is 1.23. The Morgan fingerprint density at radius 1 is 0.870 bits per heavy atom. The predicted octanol–water partition coefficient (Wildman–Crippen LogP) is 2.80. The summed E-state index contributed by atoms with van der Waals surface area (Å²) in [6, 6.07) is 20.0. The predicted molar refractivity (Wildman–Crippen MR) is 91.8 cm³/mol. The van der Waals surface area contributed by atoms with Gasteiger partial charge in [-0.25, -0.2) is 0 Å². The zero-order valence-electron chi connectivity index (χ0n) is 13.2. The summed E-state index contributed by atoms with van der Waals surface area (Å²) in [6.45, 7) is 3.75. The van der Waals surface area contributed by atoms with E-state index in [1.165, 1.54) is 5.69 Å². The third kappa shape index (κ3) is 4.25. The lowest BCUT2D eigenvalue weighted by Crippen LogP contribution is -2.49. The molecule has 0 N–H and O–H groups in total. The number of piperazine rings is 1. The van der Waals surface area contributed by atoms with Crippen LogP contribution in [0.5, 0.6) is 5.75 Å². The molecule has 0 aromatic heterocycles. The molecule has 1 aliphatic rings. The molecule has 0 aliphatic carbocycles. The number of hydrogen-bond acceptors (Lipinski definition) is 3. The topological polar surface area (TPSA) is 32.8 Å². The van der Waals surface area contributed by atoms with Crippen LogP contribution in [0.4, 0.5) is 5.69 Å². The molecule has 0 bridgehead atoms. The van der Waals surface area contributed by atoms with E-state index in [2.05, 4.69) is 17.0 Å². The lowest BCUT2D eigenvalue weighted by atomic mass is 10.2. The Morgan fingerprint density at radius 2 is 1.48 bits per heavy atom. The summed E-state index contributed by atoms with van der Waals surface area (Å²) in [7, 11) is 0. The Balaban J connectivity index is 1.41. The molecule has 0 saturated carbocycles. The van der Waals surface area contributed by atoms with Crippen LogP contribution < -0.4 is 9.64 Å². The fraction of sp³-hybridized carbons (Fsp3) is 0.316. The van der Waals surface area contributed by atoms with Crippen molar-refractivity contribution in [2.75, 3.05) is 37.7 Å². The Hall–Kier alpha value is -2.49. The second-order valence-electron chi connectivity index (χ2n) is 5.61. The highest BCUT2D eigenvalue weighted by Crippen LogP contribution is 2.16. The number of para-hydroxylation sites is 2. The molecule has 4 heteroatoms. The standard InChI is InChI=1S/C19H22N2O2/c22-19(11-16-23-18-9-5-2-6-10-18)21-14-12-20(13-15-21)17-7-3-1-4-8-17/h1-10H,11-16H2. The van der Waals surface area contributed by atoms with E-state index in [1.807, 2.05) is 53.4 Å². The molecule has 23 heavy (non-hydrogen) atoms. The molecule has 4 nitrogen and oxygen atoms in total. The van der Waals surface area contributed by atoms with Gasteiger partial charge in [-0.3, -0.25) is 4.79 Å². The van der Waals surface area contributed by atoms with Crippen LogP contribution >= 0.6 is 0 Å². The summed E-state index contributed by atoms with van der Waals surface area (Å²) in [6.07, 6.45) is 0.431. The molecule has 1 aliphatic heterocycles. The van der Waals surface area contributed by atoms with Crippen LogP contribution in [0.3, 0.4) is 0 Å². The van der Waals surface area contributed by atoms with E-state index in [0.717, 1.165) is 31.9 Å². The van der Waals surface area contributed by atoms with Crippen LogP contribution in [0.25, 0.3) is 0 Å². The van der Waals surface area contributed by atoms with Gasteiger partial charge >= 0.3 is 0 Å². The highest BCUT2D eigenvalue weighted by Gasteiger charge is 2.20. The largest absolute Gasteiger partial charge is 0.493 e. The average Bonchev–Trinajstić information content (AvgIpc) is 2.63. The van der Waals surface area contributed by atoms with Crippen molar-refractivity contribution in [3.8, 4) is 5.75 Å². The smallest absolute Gasteiger partial charge is 0.226 e. The lowest BCUT2D eigenvalue weighted by Gasteiger charge is -2.36. The second kappa shape index (κ2) is 7.68. The fourth-order valence-electron chi connectivity index (χ4n) is 2.78. The molecule has 1 amide bonds. The summed E-state index contributed by atoms with van der Waals surface area (Å²) < 4.78 is 5.60. The molecule has 1 heterocycles. The first-order valence-electron chi connectivity index (χ1n) is 8.08. The Kier molecular flexibility index (Phi) is 5.14. The summed E-state index contributed by atoms with van der Waals surface area (Å²) >= 11 is 0. The van der Waals surface area contributed by atoms with Crippen molar-refractivity contribution >= 4 is 11.6 Å². The molecule has 120 valence electrons. The molecule has 0 atom stereocenters. The third-order valence-corrected chi connectivity index (χ3v) is 4.08. The van der Waals surface area contributed by atoms with Crippen molar-refractivity contribution in [2.24, 2.45) is 0 Å². The minimum Gasteiger partial charge on any atom is -0.493 e. The van der Waals surface area contributed by atoms with E-state index in [9.17, 15) is 4.79 Å². The summed E-state index contributed by atoms with van der Waals surface area (Å²) in [5, 5.41) is 0. The van der Waals surface area contributed by atoms with Crippen LogP contribution in [0.15, 0.2) is 60.7 Å². The zero-order chi connectivity index (χ0) is 15.9. The zero-order valence-corrected chi connectivity index (χ0v) is 13.2. The van der Waals surface area contributed by atoms with Gasteiger partial charge in [-0.15, -0.1) is 0 Å². The maximum atomic E-state index is 12.3. The van der Waals surface area contributed by atoms with E-state index in [1.54, 1.807) is 0 Å². The Bertz CT molecular complexity index is 608. The highest BCUT2D eigenvalue weighted by atomic mass is 16.5. The first-order valence-corrected chi connectivity index (χ1v) is 8.08. The molecule has 0 unspecified atom stereocenters. The van der Waals surface area contributed by atoms with Crippen LogP contribution in [0.2, 0.25) is 0 Å². The number of rotatable bonds is 5. The second-order valence-corrected chi connectivity index (χ2v) is 5.61. The lowest BCUT2D eigenvalue weighted by molar-refractivity contribution is -0.132. The molecule has 2 aromatic carbocycles. The number of hydrogen-bond donors (Lipinski definition) is 0. The average molecular weight is 310 g/mol. The van der Waals surface area contributed by atoms with E-state index in [0.29, 0.717) is 13.0 Å². The van der Waals surface area contributed by atoms with Gasteiger partial charge in [0.1, 0.15) is 5.75 Å². The maximum Gasteiger partial charge on any atom is 0.226 e. The van der Waals surface area contributed by atoms with Gasteiger partial charge in [-0.05, 0) is 24.3 Å². The summed E-state index contributed by atoms with van der Waals surface area (Å²) in [4.78, 5) is 16.5. The number of carbonyl (C=O) groups is 1. The normalized spacial score (nSPS) is 14.6. The van der Waals surface area contributed by atoms with Crippen molar-refractivity contribution in [1.29, 1.82) is 0 Å². The number of nitrogens with zero attached hydrogens (tertiary/aromatic N) is 2. The monoisotopic (exact) mass is 310 g/mol. The number of amides is 1. The maximum absolute atomic E-state index is 12.3. The third-order valence-electron chi connectivity index (χ3n) is 4.08. The number of ether oxygens (including phenoxy) is 1. The molecular weight excluding hydrogens is 288 g/mol. The quantitative estimate of drug-likeness (QED) is 0.851. The van der Waals surface area contributed by atoms with Gasteiger partial charge in [-0.1, -0.05) is 36.4 Å². The minimum atomic E-state index is 0.175. The van der Waals surface area contributed by atoms with Crippen LogP contribution in [-0.4, -0.2) is 43.6 Å². The first-order chi connectivity index (χ1) is 11.3. The Labute approximate surface area is 137 Å². The van der Waals surface area contributed by atoms with Crippen molar-refractivity contribution < 1.29 is 9.53 Å². The first kappa shape index (κ1) is 15.4. The molecule has 0 spiro atoms.